The molecule has 0 atom stereocenters. The van der Waals surface area contributed by atoms with Crippen molar-refractivity contribution >= 4 is 34.3 Å². The molecule has 0 aliphatic carbocycles. The van der Waals surface area contributed by atoms with Crippen molar-refractivity contribution in [3.63, 3.8) is 0 Å². The van der Waals surface area contributed by atoms with Gasteiger partial charge in [0, 0.05) is 23.3 Å². The van der Waals surface area contributed by atoms with Crippen molar-refractivity contribution < 1.29 is 18.7 Å². The Bertz CT molecular complexity index is 1100. The van der Waals surface area contributed by atoms with Gasteiger partial charge in [-0.05, 0) is 25.1 Å². The molecule has 0 spiro atoms. The predicted molar refractivity (Wildman–Crippen MR) is 95.7 cm³/mol. The molecule has 5 nitrogen and oxygen atoms in total. The third-order valence-corrected chi connectivity index (χ3v) is 5.08. The first-order chi connectivity index (χ1) is 12.3. The molecule has 0 saturated heterocycles. The second-order valence-corrected chi connectivity index (χ2v) is 6.55. The lowest BCUT2D eigenvalue weighted by Gasteiger charge is -2.14. The number of pyridine rings is 1. The smallest absolute Gasteiger partial charge is 0.341 e. The molecule has 0 saturated carbocycles. The zero-order valence-corrected chi connectivity index (χ0v) is 14.4. The number of nitrogen functional groups attached to an aromatic ring is 1. The van der Waals surface area contributed by atoms with Gasteiger partial charge in [0.2, 0.25) is 5.43 Å². The molecule has 3 N–H and O–H groups in total. The van der Waals surface area contributed by atoms with Gasteiger partial charge in [-0.25, -0.2) is 13.6 Å². The summed E-state index contributed by atoms with van der Waals surface area (Å²) in [5.41, 5.74) is 4.60. The van der Waals surface area contributed by atoms with Crippen LogP contribution in [0.25, 0.3) is 10.9 Å². The van der Waals surface area contributed by atoms with Crippen LogP contribution in [-0.2, 0) is 6.54 Å². The van der Waals surface area contributed by atoms with E-state index in [-0.39, 0.29) is 22.3 Å². The number of aryl methyl sites for hydroxylation is 1. The van der Waals surface area contributed by atoms with E-state index < -0.39 is 28.6 Å². The van der Waals surface area contributed by atoms with Crippen LogP contribution in [0.15, 0.2) is 51.1 Å². The highest BCUT2D eigenvalue weighted by atomic mass is 32.2. The van der Waals surface area contributed by atoms with Crippen molar-refractivity contribution in [2.75, 3.05) is 5.73 Å². The average Bonchev–Trinajstić information content (AvgIpc) is 2.60. The molecule has 0 fully saturated rings. The average molecular weight is 376 g/mol. The number of halogens is 2. The van der Waals surface area contributed by atoms with E-state index in [0.29, 0.717) is 10.6 Å². The zero-order chi connectivity index (χ0) is 19.0. The Morgan fingerprint density at radius 3 is 2.62 bits per heavy atom. The standard InChI is InChI=1S/C18H14F2N2O3S/c1-2-22-8-10(18(24)25)16(23)9-7-11(19)17(14(20)15(9)22)26-13-6-4-3-5-12(13)21/h3-8H,2,21H2,1H3,(H,24,25). The van der Waals surface area contributed by atoms with Crippen LogP contribution in [-0.4, -0.2) is 15.6 Å². The maximum Gasteiger partial charge on any atom is 0.341 e. The van der Waals surface area contributed by atoms with E-state index in [9.17, 15) is 14.0 Å². The number of hydrogen-bond donors (Lipinski definition) is 2. The summed E-state index contributed by atoms with van der Waals surface area (Å²) < 4.78 is 30.9. The summed E-state index contributed by atoms with van der Waals surface area (Å²) in [7, 11) is 0. The number of fused-ring (bicyclic) bond motifs is 1. The van der Waals surface area contributed by atoms with Crippen LogP contribution in [0, 0.1) is 11.6 Å². The number of carbonyl (C=O) groups is 1. The number of nitrogens with zero attached hydrogens (tertiary/aromatic N) is 1. The molecule has 26 heavy (non-hydrogen) atoms. The summed E-state index contributed by atoms with van der Waals surface area (Å²) >= 11 is 0.811. The number of aromatic nitrogens is 1. The largest absolute Gasteiger partial charge is 0.477 e. The third kappa shape index (κ3) is 2.92. The molecule has 8 heteroatoms. The summed E-state index contributed by atoms with van der Waals surface area (Å²) in [6.07, 6.45) is 1.07. The summed E-state index contributed by atoms with van der Waals surface area (Å²) in [4.78, 5) is 23.7. The number of rotatable bonds is 4. The quantitative estimate of drug-likeness (QED) is 0.678. The van der Waals surface area contributed by atoms with Gasteiger partial charge in [0.15, 0.2) is 5.82 Å². The van der Waals surface area contributed by atoms with Gasteiger partial charge in [-0.2, -0.15) is 0 Å². The maximum absolute atomic E-state index is 15.1. The summed E-state index contributed by atoms with van der Waals surface area (Å²) in [6, 6.07) is 7.51. The number of benzene rings is 2. The first-order valence-corrected chi connectivity index (χ1v) is 8.47. The molecule has 0 amide bonds. The molecule has 0 unspecified atom stereocenters. The van der Waals surface area contributed by atoms with Gasteiger partial charge in [0.1, 0.15) is 11.4 Å². The van der Waals surface area contributed by atoms with Crippen LogP contribution in [0.3, 0.4) is 0 Å². The summed E-state index contributed by atoms with van der Waals surface area (Å²) in [5, 5.41) is 8.83. The zero-order valence-electron chi connectivity index (χ0n) is 13.6. The molecule has 0 aliphatic heterocycles. The van der Waals surface area contributed by atoms with Crippen molar-refractivity contribution in [2.45, 2.75) is 23.3 Å². The first kappa shape index (κ1) is 17.9. The summed E-state index contributed by atoms with van der Waals surface area (Å²) in [6.45, 7) is 1.87. The van der Waals surface area contributed by atoms with Gasteiger partial charge in [0.05, 0.1) is 15.8 Å². The fourth-order valence-corrected chi connectivity index (χ4v) is 3.54. The Morgan fingerprint density at radius 2 is 2.00 bits per heavy atom. The van der Waals surface area contributed by atoms with E-state index in [1.165, 1.54) is 4.57 Å². The second kappa shape index (κ2) is 6.80. The highest BCUT2D eigenvalue weighted by Gasteiger charge is 2.22. The van der Waals surface area contributed by atoms with Gasteiger partial charge in [-0.1, -0.05) is 23.9 Å². The highest BCUT2D eigenvalue weighted by Crippen LogP contribution is 2.37. The molecule has 0 radical (unpaired) electrons. The van der Waals surface area contributed by atoms with E-state index >= 15 is 4.39 Å². The highest BCUT2D eigenvalue weighted by molar-refractivity contribution is 7.99. The van der Waals surface area contributed by atoms with Gasteiger partial charge < -0.3 is 15.4 Å². The number of carboxylic acids is 1. The Labute approximate surface area is 151 Å². The van der Waals surface area contributed by atoms with E-state index in [1.807, 2.05) is 0 Å². The minimum absolute atomic E-state index is 0.138. The number of hydrogen-bond acceptors (Lipinski definition) is 4. The van der Waals surface area contributed by atoms with E-state index in [2.05, 4.69) is 0 Å². The monoisotopic (exact) mass is 376 g/mol. The minimum Gasteiger partial charge on any atom is -0.477 e. The maximum atomic E-state index is 15.1. The number of carboxylic acid groups (broad SMARTS) is 1. The van der Waals surface area contributed by atoms with Gasteiger partial charge in [0.25, 0.3) is 0 Å². The Morgan fingerprint density at radius 1 is 1.31 bits per heavy atom. The number of anilines is 1. The number of para-hydroxylation sites is 1. The van der Waals surface area contributed by atoms with Crippen molar-refractivity contribution in [1.29, 1.82) is 0 Å². The van der Waals surface area contributed by atoms with Crippen LogP contribution >= 0.6 is 11.8 Å². The van der Waals surface area contributed by atoms with Crippen LogP contribution in [0.4, 0.5) is 14.5 Å². The lowest BCUT2D eigenvalue weighted by Crippen LogP contribution is -2.20. The Balaban J connectivity index is 2.31. The van der Waals surface area contributed by atoms with E-state index in [4.69, 9.17) is 10.8 Å². The minimum atomic E-state index is -1.45. The van der Waals surface area contributed by atoms with Crippen molar-refractivity contribution in [2.24, 2.45) is 0 Å². The van der Waals surface area contributed by atoms with Crippen LogP contribution in [0.2, 0.25) is 0 Å². The molecule has 3 rings (SSSR count). The normalized spacial score (nSPS) is 11.0. The number of nitrogens with two attached hydrogens (primary N) is 1. The molecule has 0 bridgehead atoms. The molecular formula is C18H14F2N2O3S. The van der Waals surface area contributed by atoms with Gasteiger partial charge in [-0.15, -0.1) is 0 Å². The predicted octanol–water partition coefficient (Wildman–Crippen LogP) is 3.73. The Hall–Kier alpha value is -2.87. The van der Waals surface area contributed by atoms with Crippen LogP contribution in [0.1, 0.15) is 17.3 Å². The van der Waals surface area contributed by atoms with E-state index in [1.54, 1.807) is 31.2 Å². The van der Waals surface area contributed by atoms with Crippen LogP contribution in [0.5, 0.6) is 0 Å². The van der Waals surface area contributed by atoms with Crippen molar-refractivity contribution in [3.8, 4) is 0 Å². The molecule has 134 valence electrons. The Kier molecular flexibility index (Phi) is 4.69. The fourth-order valence-electron chi connectivity index (χ4n) is 2.65. The lowest BCUT2D eigenvalue weighted by atomic mass is 10.1. The SMILES string of the molecule is CCn1cc(C(=O)O)c(=O)c2cc(F)c(Sc3ccccc3N)c(F)c21. The fraction of sp³-hybridized carbons (Fsp3) is 0.111. The van der Waals surface area contributed by atoms with Crippen LogP contribution < -0.4 is 11.2 Å². The van der Waals surface area contributed by atoms with Gasteiger partial charge >= 0.3 is 5.97 Å². The number of aromatic carboxylic acids is 1. The summed E-state index contributed by atoms with van der Waals surface area (Å²) in [5.74, 6) is -3.33. The first-order valence-electron chi connectivity index (χ1n) is 7.66. The molecular weight excluding hydrogens is 362 g/mol. The van der Waals surface area contributed by atoms with E-state index in [0.717, 1.165) is 24.0 Å². The molecule has 1 heterocycles. The molecule has 2 aromatic carbocycles. The van der Waals surface area contributed by atoms with Crippen molar-refractivity contribution in [3.05, 3.63) is 63.9 Å². The topological polar surface area (TPSA) is 85.3 Å². The molecule has 0 aliphatic rings. The second-order valence-electron chi connectivity index (χ2n) is 5.50. The third-order valence-electron chi connectivity index (χ3n) is 3.91. The van der Waals surface area contributed by atoms with Gasteiger partial charge in [-0.3, -0.25) is 4.79 Å². The van der Waals surface area contributed by atoms with Crippen molar-refractivity contribution in [1.82, 2.24) is 4.57 Å². The molecule has 1 aromatic heterocycles. The molecule has 3 aromatic rings. The lowest BCUT2D eigenvalue weighted by molar-refractivity contribution is 0.0695.